The second kappa shape index (κ2) is 7.27. The molecule has 0 aliphatic heterocycles. The summed E-state index contributed by atoms with van der Waals surface area (Å²) in [7, 11) is 0. The van der Waals surface area contributed by atoms with Crippen LogP contribution in [0.1, 0.15) is 40.9 Å². The number of nitrogens with one attached hydrogen (secondary N) is 1. The van der Waals surface area contributed by atoms with Gasteiger partial charge >= 0.3 is 6.01 Å². The summed E-state index contributed by atoms with van der Waals surface area (Å²) in [6.45, 7) is 1.99. The molecular weight excluding hydrogens is 334 g/mol. The van der Waals surface area contributed by atoms with E-state index in [4.69, 9.17) is 16.3 Å². The minimum atomic E-state index is 0.0218. The van der Waals surface area contributed by atoms with E-state index in [1.165, 1.54) is 23.7 Å². The van der Waals surface area contributed by atoms with E-state index in [9.17, 15) is 4.79 Å². The lowest BCUT2D eigenvalue weighted by Gasteiger charge is -2.28. The quantitative estimate of drug-likeness (QED) is 0.913. The highest BCUT2D eigenvalue weighted by Gasteiger charge is 2.24. The van der Waals surface area contributed by atoms with E-state index in [0.717, 1.165) is 36.1 Å². The Hall–Kier alpha value is -1.66. The van der Waals surface area contributed by atoms with Crippen molar-refractivity contribution in [3.63, 3.8) is 0 Å². The van der Waals surface area contributed by atoms with Crippen LogP contribution in [0.25, 0.3) is 0 Å². The largest absolute Gasteiger partial charge is 0.460 e. The van der Waals surface area contributed by atoms with Gasteiger partial charge in [0.05, 0.1) is 22.3 Å². The average Bonchev–Trinajstić information content (AvgIpc) is 2.98. The molecule has 1 amide bonds. The van der Waals surface area contributed by atoms with Crippen LogP contribution in [0.2, 0.25) is 5.02 Å². The van der Waals surface area contributed by atoms with Crippen LogP contribution >= 0.6 is 22.9 Å². The first-order chi connectivity index (χ1) is 11.1. The number of halogens is 1. The van der Waals surface area contributed by atoms with Crippen molar-refractivity contribution in [2.24, 2.45) is 0 Å². The molecule has 2 aromatic heterocycles. The summed E-state index contributed by atoms with van der Waals surface area (Å²) in [5.41, 5.74) is 1.13. The topological polar surface area (TPSA) is 64.1 Å². The lowest BCUT2D eigenvalue weighted by molar-refractivity contribution is 0.0889. The Bertz CT molecular complexity index is 666. The van der Waals surface area contributed by atoms with Crippen LogP contribution in [0.5, 0.6) is 6.01 Å². The molecule has 1 fully saturated rings. The van der Waals surface area contributed by atoms with Gasteiger partial charge in [0.1, 0.15) is 6.10 Å². The predicted octanol–water partition coefficient (Wildman–Crippen LogP) is 3.62. The summed E-state index contributed by atoms with van der Waals surface area (Å²) in [4.78, 5) is 21.0. The predicted molar refractivity (Wildman–Crippen MR) is 90.2 cm³/mol. The third-order valence-electron chi connectivity index (χ3n) is 3.83. The molecule has 0 radical (unpaired) electrons. The van der Waals surface area contributed by atoms with E-state index >= 15 is 0 Å². The van der Waals surface area contributed by atoms with Crippen molar-refractivity contribution in [3.05, 3.63) is 39.3 Å². The summed E-state index contributed by atoms with van der Waals surface area (Å²) in [6.07, 6.45) is 6.69. The molecule has 0 spiro atoms. The molecule has 122 valence electrons. The smallest absolute Gasteiger partial charge is 0.316 e. The van der Waals surface area contributed by atoms with Crippen LogP contribution in [-0.4, -0.2) is 28.0 Å². The maximum Gasteiger partial charge on any atom is 0.316 e. The molecule has 1 aliphatic rings. The van der Waals surface area contributed by atoms with Gasteiger partial charge in [-0.05, 0) is 49.6 Å². The molecule has 3 rings (SSSR count). The number of amides is 1. The Labute approximate surface area is 144 Å². The van der Waals surface area contributed by atoms with Crippen LogP contribution in [0.15, 0.2) is 23.8 Å². The third kappa shape index (κ3) is 4.42. The van der Waals surface area contributed by atoms with Crippen molar-refractivity contribution in [1.82, 2.24) is 15.3 Å². The van der Waals surface area contributed by atoms with E-state index in [-0.39, 0.29) is 18.1 Å². The second-order valence-electron chi connectivity index (χ2n) is 5.74. The Balaban J connectivity index is 1.46. The fraction of sp³-hybridized carbons (Fsp3) is 0.438. The lowest BCUT2D eigenvalue weighted by atomic mass is 9.93. The van der Waals surface area contributed by atoms with Crippen molar-refractivity contribution >= 4 is 28.8 Å². The Kier molecular flexibility index (Phi) is 5.13. The molecule has 2 heterocycles. The van der Waals surface area contributed by atoms with Gasteiger partial charge in [0.15, 0.2) is 0 Å². The monoisotopic (exact) mass is 351 g/mol. The molecule has 2 aromatic rings. The number of carbonyl (C=O) groups excluding carboxylic acids is 1. The molecule has 5 nitrogen and oxygen atoms in total. The average molecular weight is 352 g/mol. The molecule has 1 aliphatic carbocycles. The zero-order valence-electron chi connectivity index (χ0n) is 12.8. The van der Waals surface area contributed by atoms with Gasteiger partial charge in [-0.3, -0.25) is 4.79 Å². The number of hydrogen-bond acceptors (Lipinski definition) is 5. The van der Waals surface area contributed by atoms with Gasteiger partial charge in [-0.15, -0.1) is 11.3 Å². The number of thiophene rings is 1. The van der Waals surface area contributed by atoms with Crippen molar-refractivity contribution in [1.29, 1.82) is 0 Å². The minimum Gasteiger partial charge on any atom is -0.460 e. The Morgan fingerprint density at radius 2 is 2.00 bits per heavy atom. The summed E-state index contributed by atoms with van der Waals surface area (Å²) < 4.78 is 5.76. The van der Waals surface area contributed by atoms with E-state index in [0.29, 0.717) is 11.0 Å². The standard InChI is InChI=1S/C16H18ClN3O2S/c1-10-6-14(23-9-10)15(21)20-12-2-4-13(5-3-12)22-16-18-7-11(17)8-19-16/h6-9,12-13H,2-5H2,1H3,(H,20,21). The molecule has 7 heteroatoms. The molecule has 0 bridgehead atoms. The van der Waals surface area contributed by atoms with E-state index < -0.39 is 0 Å². The zero-order chi connectivity index (χ0) is 16.2. The van der Waals surface area contributed by atoms with E-state index in [1.54, 1.807) is 0 Å². The van der Waals surface area contributed by atoms with Gasteiger partial charge in [0.2, 0.25) is 0 Å². The van der Waals surface area contributed by atoms with Gasteiger partial charge in [-0.1, -0.05) is 11.6 Å². The van der Waals surface area contributed by atoms with E-state index in [1.807, 2.05) is 18.4 Å². The number of ether oxygens (including phenoxy) is 1. The second-order valence-corrected chi connectivity index (χ2v) is 7.08. The summed E-state index contributed by atoms with van der Waals surface area (Å²) >= 11 is 7.24. The maximum absolute atomic E-state index is 12.2. The Morgan fingerprint density at radius 3 is 2.61 bits per heavy atom. The highest BCUT2D eigenvalue weighted by atomic mass is 35.5. The molecular formula is C16H18ClN3O2S. The zero-order valence-corrected chi connectivity index (χ0v) is 14.4. The van der Waals surface area contributed by atoms with Gasteiger partial charge in [-0.2, -0.15) is 0 Å². The molecule has 0 aromatic carbocycles. The fourth-order valence-corrected chi connectivity index (χ4v) is 3.54. The third-order valence-corrected chi connectivity index (χ3v) is 5.07. The number of rotatable bonds is 4. The maximum atomic E-state index is 12.2. The molecule has 1 N–H and O–H groups in total. The van der Waals surface area contributed by atoms with Gasteiger partial charge in [0.25, 0.3) is 5.91 Å². The molecule has 23 heavy (non-hydrogen) atoms. The molecule has 0 saturated heterocycles. The number of nitrogens with zero attached hydrogens (tertiary/aromatic N) is 2. The van der Waals surface area contributed by atoms with Crippen LogP contribution in [0.4, 0.5) is 0 Å². The summed E-state index contributed by atoms with van der Waals surface area (Å²) in [5, 5.41) is 5.59. The first-order valence-electron chi connectivity index (χ1n) is 7.60. The minimum absolute atomic E-state index is 0.0218. The number of aromatic nitrogens is 2. The normalized spacial score (nSPS) is 21.0. The van der Waals surface area contributed by atoms with Crippen LogP contribution in [-0.2, 0) is 0 Å². The van der Waals surface area contributed by atoms with Gasteiger partial charge < -0.3 is 10.1 Å². The van der Waals surface area contributed by atoms with Crippen LogP contribution in [0, 0.1) is 6.92 Å². The number of hydrogen-bond donors (Lipinski definition) is 1. The number of aryl methyl sites for hydroxylation is 1. The van der Waals surface area contributed by atoms with Crippen molar-refractivity contribution in [2.45, 2.75) is 44.8 Å². The van der Waals surface area contributed by atoms with Crippen molar-refractivity contribution < 1.29 is 9.53 Å². The van der Waals surface area contributed by atoms with Gasteiger partial charge in [0, 0.05) is 6.04 Å². The SMILES string of the molecule is Cc1csc(C(=O)NC2CCC(Oc3ncc(Cl)cn3)CC2)c1. The van der Waals surface area contributed by atoms with E-state index in [2.05, 4.69) is 15.3 Å². The van der Waals surface area contributed by atoms with Crippen molar-refractivity contribution in [3.8, 4) is 6.01 Å². The van der Waals surface area contributed by atoms with Crippen LogP contribution < -0.4 is 10.1 Å². The number of carbonyl (C=O) groups is 1. The first-order valence-corrected chi connectivity index (χ1v) is 8.86. The lowest BCUT2D eigenvalue weighted by Crippen LogP contribution is -2.39. The first kappa shape index (κ1) is 16.2. The summed E-state index contributed by atoms with van der Waals surface area (Å²) in [6, 6.07) is 2.49. The van der Waals surface area contributed by atoms with Crippen LogP contribution in [0.3, 0.4) is 0 Å². The molecule has 1 saturated carbocycles. The highest BCUT2D eigenvalue weighted by Crippen LogP contribution is 2.23. The molecule has 0 unspecified atom stereocenters. The highest BCUT2D eigenvalue weighted by molar-refractivity contribution is 7.12. The fourth-order valence-electron chi connectivity index (χ4n) is 2.64. The molecule has 0 atom stereocenters. The van der Waals surface area contributed by atoms with Crippen molar-refractivity contribution in [2.75, 3.05) is 0 Å². The van der Waals surface area contributed by atoms with Gasteiger partial charge in [-0.25, -0.2) is 9.97 Å². The summed E-state index contributed by atoms with van der Waals surface area (Å²) in [5.74, 6) is 0.0218. The Morgan fingerprint density at radius 1 is 1.30 bits per heavy atom.